The molecule has 2 aromatic rings. The van der Waals surface area contributed by atoms with Crippen molar-refractivity contribution in [3.05, 3.63) is 47.9 Å². The summed E-state index contributed by atoms with van der Waals surface area (Å²) in [6.07, 6.45) is 3.48. The summed E-state index contributed by atoms with van der Waals surface area (Å²) < 4.78 is 6.38. The Kier molecular flexibility index (Phi) is 4.18. The van der Waals surface area contributed by atoms with Crippen LogP contribution in [0.5, 0.6) is 0 Å². The molecule has 0 bridgehead atoms. The number of nitrogens with two attached hydrogens (primary N) is 1. The molecule has 1 aromatic heterocycles. The number of nitrogens with zero attached hydrogens (tertiary/aromatic N) is 2. The summed E-state index contributed by atoms with van der Waals surface area (Å²) in [5, 5.41) is 0. The van der Waals surface area contributed by atoms with Gasteiger partial charge in [-0.3, -0.25) is 0 Å². The van der Waals surface area contributed by atoms with Crippen molar-refractivity contribution < 1.29 is 9.53 Å². The molecule has 100 valence electrons. The van der Waals surface area contributed by atoms with Crippen molar-refractivity contribution in [3.63, 3.8) is 0 Å². The number of nitrogen functional groups attached to an aromatic ring is 1. The first-order valence-corrected chi connectivity index (χ1v) is 6.15. The second-order valence-electron chi connectivity index (χ2n) is 4.25. The van der Waals surface area contributed by atoms with Crippen molar-refractivity contribution in [1.82, 2.24) is 9.55 Å². The number of hydrogen-bond donors (Lipinski definition) is 1. The van der Waals surface area contributed by atoms with Gasteiger partial charge in [-0.15, -0.1) is 0 Å². The lowest BCUT2D eigenvalue weighted by atomic mass is 10.1. The maximum absolute atomic E-state index is 11.4. The van der Waals surface area contributed by atoms with Crippen molar-refractivity contribution in [3.8, 4) is 0 Å². The Morgan fingerprint density at radius 1 is 1.37 bits per heavy atom. The van der Waals surface area contributed by atoms with Gasteiger partial charge >= 0.3 is 5.97 Å². The summed E-state index contributed by atoms with van der Waals surface area (Å²) in [6, 6.07) is 10.2. The molecule has 0 aliphatic rings. The molecule has 0 atom stereocenters. The molecule has 19 heavy (non-hydrogen) atoms. The monoisotopic (exact) mass is 259 g/mol. The van der Waals surface area contributed by atoms with Crippen LogP contribution in [0, 0.1) is 0 Å². The molecular formula is C14H17N3O2. The highest BCUT2D eigenvalue weighted by Gasteiger charge is 2.15. The van der Waals surface area contributed by atoms with Gasteiger partial charge in [-0.25, -0.2) is 9.78 Å². The van der Waals surface area contributed by atoms with Crippen LogP contribution < -0.4 is 5.73 Å². The summed E-state index contributed by atoms with van der Waals surface area (Å²) >= 11 is 0. The van der Waals surface area contributed by atoms with Crippen LogP contribution in [-0.2, 0) is 17.7 Å². The topological polar surface area (TPSA) is 70.1 Å². The van der Waals surface area contributed by atoms with Crippen LogP contribution in [0.25, 0.3) is 0 Å². The lowest BCUT2D eigenvalue weighted by molar-refractivity contribution is 0.0596. The van der Waals surface area contributed by atoms with E-state index in [0.717, 1.165) is 19.4 Å². The van der Waals surface area contributed by atoms with E-state index in [1.807, 2.05) is 18.2 Å². The number of carbonyl (C=O) groups is 1. The average Bonchev–Trinajstić information content (AvgIpc) is 2.81. The Bertz CT molecular complexity index is 549. The fourth-order valence-corrected chi connectivity index (χ4v) is 1.92. The van der Waals surface area contributed by atoms with Crippen molar-refractivity contribution in [2.75, 3.05) is 12.8 Å². The van der Waals surface area contributed by atoms with E-state index in [4.69, 9.17) is 5.73 Å². The number of carbonyl (C=O) groups excluding carboxylic acids is 1. The van der Waals surface area contributed by atoms with Crippen molar-refractivity contribution in [1.29, 1.82) is 0 Å². The normalized spacial score (nSPS) is 10.4. The molecule has 0 unspecified atom stereocenters. The summed E-state index contributed by atoms with van der Waals surface area (Å²) in [4.78, 5) is 15.3. The molecule has 0 radical (unpaired) electrons. The zero-order valence-electron chi connectivity index (χ0n) is 10.9. The summed E-state index contributed by atoms with van der Waals surface area (Å²) in [5.74, 6) is -0.140. The van der Waals surface area contributed by atoms with Crippen LogP contribution in [0.15, 0.2) is 36.7 Å². The first-order chi connectivity index (χ1) is 9.22. The predicted octanol–water partition coefficient (Wildman–Crippen LogP) is 1.88. The Morgan fingerprint density at radius 2 is 2.11 bits per heavy atom. The van der Waals surface area contributed by atoms with Gasteiger partial charge in [0.1, 0.15) is 5.82 Å². The van der Waals surface area contributed by atoms with E-state index >= 15 is 0 Å². The summed E-state index contributed by atoms with van der Waals surface area (Å²) in [6.45, 7) is 0.727. The number of aromatic nitrogens is 2. The van der Waals surface area contributed by atoms with Gasteiger partial charge in [-0.1, -0.05) is 30.3 Å². The van der Waals surface area contributed by atoms with Gasteiger partial charge in [0.25, 0.3) is 0 Å². The number of rotatable bonds is 5. The van der Waals surface area contributed by atoms with Crippen LogP contribution in [0.2, 0.25) is 0 Å². The fraction of sp³-hybridized carbons (Fsp3) is 0.286. The summed E-state index contributed by atoms with van der Waals surface area (Å²) in [7, 11) is 1.32. The van der Waals surface area contributed by atoms with Crippen LogP contribution in [-0.4, -0.2) is 22.6 Å². The largest absolute Gasteiger partial charge is 0.464 e. The van der Waals surface area contributed by atoms with E-state index in [2.05, 4.69) is 21.9 Å². The number of anilines is 1. The zero-order chi connectivity index (χ0) is 13.7. The molecular weight excluding hydrogens is 242 g/mol. The summed E-state index contributed by atoms with van der Waals surface area (Å²) in [5.41, 5.74) is 7.33. The molecule has 0 saturated heterocycles. The predicted molar refractivity (Wildman–Crippen MR) is 72.7 cm³/mol. The highest BCUT2D eigenvalue weighted by Crippen LogP contribution is 2.12. The second-order valence-corrected chi connectivity index (χ2v) is 4.25. The van der Waals surface area contributed by atoms with Gasteiger partial charge in [-0.05, 0) is 18.4 Å². The van der Waals surface area contributed by atoms with Gasteiger partial charge < -0.3 is 15.0 Å². The highest BCUT2D eigenvalue weighted by atomic mass is 16.5. The van der Waals surface area contributed by atoms with Crippen LogP contribution in [0.1, 0.15) is 22.5 Å². The van der Waals surface area contributed by atoms with E-state index in [1.54, 1.807) is 10.9 Å². The molecule has 5 heteroatoms. The van der Waals surface area contributed by atoms with Gasteiger partial charge in [0.05, 0.1) is 13.4 Å². The van der Waals surface area contributed by atoms with Crippen molar-refractivity contribution in [2.45, 2.75) is 19.4 Å². The number of hydrogen-bond acceptors (Lipinski definition) is 4. The number of ether oxygens (including phenoxy) is 1. The number of esters is 1. The number of methoxy groups -OCH3 is 1. The standard InChI is InChI=1S/C14H17N3O2/c1-19-14(18)12-13(15)17(10-16-12)9-5-8-11-6-3-2-4-7-11/h2-4,6-7,10H,5,8-9,15H2,1H3. The molecule has 0 saturated carbocycles. The maximum Gasteiger partial charge on any atom is 0.360 e. The van der Waals surface area contributed by atoms with E-state index in [-0.39, 0.29) is 5.69 Å². The van der Waals surface area contributed by atoms with Gasteiger partial charge in [-0.2, -0.15) is 0 Å². The van der Waals surface area contributed by atoms with Crippen LogP contribution >= 0.6 is 0 Å². The molecule has 1 aromatic carbocycles. The van der Waals surface area contributed by atoms with Crippen molar-refractivity contribution >= 4 is 11.8 Å². The van der Waals surface area contributed by atoms with Crippen LogP contribution in [0.4, 0.5) is 5.82 Å². The van der Waals surface area contributed by atoms with Gasteiger partial charge in [0.15, 0.2) is 5.69 Å². The molecule has 0 aliphatic heterocycles. The lowest BCUT2D eigenvalue weighted by Gasteiger charge is -2.05. The minimum absolute atomic E-state index is 0.183. The Labute approximate surface area is 112 Å². The third-order valence-electron chi connectivity index (χ3n) is 2.96. The molecule has 0 fully saturated rings. The molecule has 0 aliphatic carbocycles. The van der Waals surface area contributed by atoms with Gasteiger partial charge in [0, 0.05) is 6.54 Å². The molecule has 5 nitrogen and oxygen atoms in total. The number of aryl methyl sites for hydroxylation is 2. The Hall–Kier alpha value is -2.30. The quantitative estimate of drug-likeness (QED) is 0.832. The van der Waals surface area contributed by atoms with Crippen molar-refractivity contribution in [2.24, 2.45) is 0 Å². The molecule has 0 amide bonds. The fourth-order valence-electron chi connectivity index (χ4n) is 1.92. The molecule has 2 rings (SSSR count). The minimum Gasteiger partial charge on any atom is -0.464 e. The number of benzene rings is 1. The third kappa shape index (κ3) is 3.13. The smallest absolute Gasteiger partial charge is 0.360 e. The Balaban J connectivity index is 1.93. The maximum atomic E-state index is 11.4. The van der Waals surface area contributed by atoms with E-state index in [9.17, 15) is 4.79 Å². The first kappa shape index (κ1) is 13.1. The van der Waals surface area contributed by atoms with E-state index in [1.165, 1.54) is 12.7 Å². The average molecular weight is 259 g/mol. The second kappa shape index (κ2) is 6.04. The molecule has 1 heterocycles. The van der Waals surface area contributed by atoms with Crippen LogP contribution in [0.3, 0.4) is 0 Å². The van der Waals surface area contributed by atoms with Gasteiger partial charge in [0.2, 0.25) is 0 Å². The van der Waals surface area contributed by atoms with E-state index in [0.29, 0.717) is 5.82 Å². The van der Waals surface area contributed by atoms with E-state index < -0.39 is 5.97 Å². The Morgan fingerprint density at radius 3 is 2.79 bits per heavy atom. The highest BCUT2D eigenvalue weighted by molar-refractivity contribution is 5.91. The SMILES string of the molecule is COC(=O)c1ncn(CCCc2ccccc2)c1N. The zero-order valence-corrected chi connectivity index (χ0v) is 10.9. The third-order valence-corrected chi connectivity index (χ3v) is 2.96. The number of imidazole rings is 1. The minimum atomic E-state index is -0.501. The molecule has 2 N–H and O–H groups in total. The first-order valence-electron chi connectivity index (χ1n) is 6.15. The lowest BCUT2D eigenvalue weighted by Crippen LogP contribution is -2.08. The molecule has 0 spiro atoms.